The number of hydrogen-bond acceptors (Lipinski definition) is 7. The average molecular weight is 431 g/mol. The van der Waals surface area contributed by atoms with Crippen molar-refractivity contribution in [2.24, 2.45) is 5.41 Å². The molecular formula is C18H30N4O4S2. The van der Waals surface area contributed by atoms with E-state index in [0.29, 0.717) is 26.3 Å². The predicted molar refractivity (Wildman–Crippen MR) is 107 cm³/mol. The molecule has 0 amide bonds. The number of fused-ring (bicyclic) bond motifs is 1. The fraction of sp³-hybridized carbons (Fsp3) is 0.833. The number of nitrogens with zero attached hydrogens (tertiary/aromatic N) is 3. The molecule has 0 unspecified atom stereocenters. The smallest absolute Gasteiger partial charge is 0.279 e. The summed E-state index contributed by atoms with van der Waals surface area (Å²) >= 11 is 1.46. The molecule has 0 saturated carbocycles. The lowest BCUT2D eigenvalue weighted by atomic mass is 9.83. The number of rotatable bonds is 5. The summed E-state index contributed by atoms with van der Waals surface area (Å²) in [7, 11) is -3.51. The fourth-order valence-corrected chi connectivity index (χ4v) is 5.94. The van der Waals surface area contributed by atoms with Crippen LogP contribution >= 0.6 is 11.5 Å². The van der Waals surface area contributed by atoms with Crippen molar-refractivity contribution in [2.45, 2.75) is 51.5 Å². The first-order valence-electron chi connectivity index (χ1n) is 9.92. The zero-order valence-corrected chi connectivity index (χ0v) is 18.2. The highest BCUT2D eigenvalue weighted by molar-refractivity contribution is 7.87. The van der Waals surface area contributed by atoms with Gasteiger partial charge in [-0.3, -0.25) is 4.90 Å². The van der Waals surface area contributed by atoms with Crippen molar-refractivity contribution in [3.8, 4) is 0 Å². The Kier molecular flexibility index (Phi) is 6.08. The molecule has 0 spiro atoms. The van der Waals surface area contributed by atoms with E-state index >= 15 is 0 Å². The van der Waals surface area contributed by atoms with Gasteiger partial charge in [0.15, 0.2) is 0 Å². The zero-order chi connectivity index (χ0) is 19.8. The van der Waals surface area contributed by atoms with Crippen LogP contribution in [-0.4, -0.2) is 79.6 Å². The van der Waals surface area contributed by atoms with Gasteiger partial charge in [0.1, 0.15) is 0 Å². The highest BCUT2D eigenvalue weighted by Crippen LogP contribution is 2.30. The minimum absolute atomic E-state index is 0.0168. The van der Waals surface area contributed by atoms with Crippen molar-refractivity contribution in [1.29, 1.82) is 0 Å². The van der Waals surface area contributed by atoms with Gasteiger partial charge in [-0.1, -0.05) is 13.8 Å². The number of aromatic nitrogens is 1. The van der Waals surface area contributed by atoms with E-state index in [1.807, 2.05) is 6.20 Å². The van der Waals surface area contributed by atoms with Gasteiger partial charge in [-0.05, 0) is 35.4 Å². The maximum Gasteiger partial charge on any atom is 0.279 e. The van der Waals surface area contributed by atoms with Crippen LogP contribution in [0.4, 0.5) is 0 Å². The van der Waals surface area contributed by atoms with Crippen molar-refractivity contribution in [3.05, 3.63) is 17.1 Å². The molecule has 8 nitrogen and oxygen atoms in total. The molecule has 3 aliphatic rings. The molecule has 3 aliphatic heterocycles. The first kappa shape index (κ1) is 20.6. The standard InChI is InChI=1S/C18H30N4O4S2/c1-18(2)3-5-22(6-4-18)28(23,24)20-15-11-25-16-9-21(10-17(16)26-12-15)8-14-7-19-27-13-14/h7,13,15-17,20H,3-6,8-12H2,1-2H3/t16-,17-/m0/s1. The Morgan fingerprint density at radius 3 is 2.43 bits per heavy atom. The topological polar surface area (TPSA) is 84.0 Å². The van der Waals surface area contributed by atoms with E-state index < -0.39 is 10.2 Å². The quantitative estimate of drug-likeness (QED) is 0.752. The molecular weight excluding hydrogens is 400 g/mol. The van der Waals surface area contributed by atoms with E-state index in [1.54, 1.807) is 4.31 Å². The predicted octanol–water partition coefficient (Wildman–Crippen LogP) is 1.07. The second-order valence-electron chi connectivity index (χ2n) is 8.85. The summed E-state index contributed by atoms with van der Waals surface area (Å²) in [4.78, 5) is 2.30. The number of likely N-dealkylation sites (tertiary alicyclic amines) is 1. The van der Waals surface area contributed by atoms with Gasteiger partial charge in [0, 0.05) is 44.3 Å². The third-order valence-corrected chi connectivity index (χ3v) is 8.25. The number of piperidine rings is 1. The van der Waals surface area contributed by atoms with Crippen LogP contribution in [0.1, 0.15) is 32.3 Å². The highest BCUT2D eigenvalue weighted by Gasteiger charge is 2.39. The van der Waals surface area contributed by atoms with E-state index in [0.717, 1.165) is 32.5 Å². The summed E-state index contributed by atoms with van der Waals surface area (Å²) in [6, 6.07) is -0.347. The van der Waals surface area contributed by atoms with Crippen molar-refractivity contribution in [3.63, 3.8) is 0 Å². The maximum atomic E-state index is 12.7. The maximum absolute atomic E-state index is 12.7. The summed E-state index contributed by atoms with van der Waals surface area (Å²) in [5.41, 5.74) is 1.42. The molecule has 10 heteroatoms. The van der Waals surface area contributed by atoms with E-state index in [-0.39, 0.29) is 23.7 Å². The summed E-state index contributed by atoms with van der Waals surface area (Å²) < 4.78 is 46.0. The van der Waals surface area contributed by atoms with E-state index in [2.05, 4.69) is 33.2 Å². The summed E-state index contributed by atoms with van der Waals surface area (Å²) in [5, 5.41) is 2.06. The Labute approximate surface area is 171 Å². The van der Waals surface area contributed by atoms with Gasteiger partial charge in [0.2, 0.25) is 0 Å². The first-order valence-corrected chi connectivity index (χ1v) is 12.2. The van der Waals surface area contributed by atoms with E-state index in [9.17, 15) is 8.42 Å². The monoisotopic (exact) mass is 430 g/mol. The molecule has 4 heterocycles. The summed E-state index contributed by atoms with van der Waals surface area (Å²) in [6.45, 7) is 8.62. The second-order valence-corrected chi connectivity index (χ2v) is 11.2. The minimum atomic E-state index is -3.51. The van der Waals surface area contributed by atoms with Crippen molar-refractivity contribution in [1.82, 2.24) is 18.3 Å². The number of hydrogen-bond donors (Lipinski definition) is 1. The summed E-state index contributed by atoms with van der Waals surface area (Å²) in [6.07, 6.45) is 3.62. The molecule has 4 rings (SSSR count). The molecule has 0 aliphatic carbocycles. The Bertz CT molecular complexity index is 730. The van der Waals surface area contributed by atoms with E-state index in [1.165, 1.54) is 17.1 Å². The molecule has 0 radical (unpaired) electrons. The average Bonchev–Trinajstić information content (AvgIpc) is 3.23. The van der Waals surface area contributed by atoms with Crippen LogP contribution in [0.2, 0.25) is 0 Å². The first-order chi connectivity index (χ1) is 13.3. The number of nitrogens with one attached hydrogen (secondary N) is 1. The van der Waals surface area contributed by atoms with Crippen molar-refractivity contribution in [2.75, 3.05) is 39.4 Å². The van der Waals surface area contributed by atoms with Gasteiger partial charge in [0.25, 0.3) is 10.2 Å². The second kappa shape index (κ2) is 8.25. The SMILES string of the molecule is CC1(C)CCN(S(=O)(=O)NC2CO[C@H]3CN(Cc4cnsc4)C[C@@H]3OC2)CC1. The van der Waals surface area contributed by atoms with Gasteiger partial charge in [0.05, 0.1) is 31.5 Å². The Morgan fingerprint density at radius 1 is 1.21 bits per heavy atom. The van der Waals surface area contributed by atoms with Crippen LogP contribution in [0.5, 0.6) is 0 Å². The van der Waals surface area contributed by atoms with Gasteiger partial charge < -0.3 is 9.47 Å². The van der Waals surface area contributed by atoms with Gasteiger partial charge in [-0.15, -0.1) is 0 Å². The highest BCUT2D eigenvalue weighted by atomic mass is 32.2. The molecule has 0 bridgehead atoms. The van der Waals surface area contributed by atoms with Crippen LogP contribution in [0.3, 0.4) is 0 Å². The van der Waals surface area contributed by atoms with Crippen LogP contribution < -0.4 is 4.72 Å². The summed E-state index contributed by atoms with van der Waals surface area (Å²) in [5.74, 6) is 0. The van der Waals surface area contributed by atoms with Crippen LogP contribution in [-0.2, 0) is 26.2 Å². The molecule has 3 saturated heterocycles. The van der Waals surface area contributed by atoms with Gasteiger partial charge >= 0.3 is 0 Å². The Balaban J connectivity index is 1.28. The molecule has 0 aromatic carbocycles. The molecule has 1 N–H and O–H groups in total. The Morgan fingerprint density at radius 2 is 1.86 bits per heavy atom. The molecule has 28 heavy (non-hydrogen) atoms. The van der Waals surface area contributed by atoms with E-state index in [4.69, 9.17) is 9.47 Å². The molecule has 3 fully saturated rings. The number of ether oxygens (including phenoxy) is 2. The molecule has 158 valence electrons. The van der Waals surface area contributed by atoms with Crippen LogP contribution in [0, 0.1) is 5.41 Å². The van der Waals surface area contributed by atoms with Crippen molar-refractivity contribution >= 4 is 21.7 Å². The zero-order valence-electron chi connectivity index (χ0n) is 16.5. The molecule has 1 aromatic rings. The Hall–Kier alpha value is -0.620. The minimum Gasteiger partial charge on any atom is -0.372 e. The lowest BCUT2D eigenvalue weighted by molar-refractivity contribution is -0.00461. The van der Waals surface area contributed by atoms with Crippen LogP contribution in [0.25, 0.3) is 0 Å². The van der Waals surface area contributed by atoms with Crippen LogP contribution in [0.15, 0.2) is 11.6 Å². The van der Waals surface area contributed by atoms with Gasteiger partial charge in [-0.25, -0.2) is 4.37 Å². The third kappa shape index (κ3) is 4.92. The fourth-order valence-electron chi connectivity index (χ4n) is 4.04. The van der Waals surface area contributed by atoms with Gasteiger partial charge in [-0.2, -0.15) is 17.4 Å². The molecule has 1 aromatic heterocycles. The lowest BCUT2D eigenvalue weighted by Gasteiger charge is -2.36. The normalized spacial score (nSPS) is 30.2. The van der Waals surface area contributed by atoms with Crippen molar-refractivity contribution < 1.29 is 17.9 Å². The molecule has 2 atom stereocenters. The largest absolute Gasteiger partial charge is 0.372 e. The lowest BCUT2D eigenvalue weighted by Crippen LogP contribution is -2.51. The third-order valence-electron chi connectivity index (χ3n) is 5.94.